The highest BCUT2D eigenvalue weighted by atomic mass is 15.1. The predicted molar refractivity (Wildman–Crippen MR) is 83.9 cm³/mol. The Balaban J connectivity index is 0.000000741. The fourth-order valence-electron chi connectivity index (χ4n) is 1.47. The second kappa shape index (κ2) is 8.91. The van der Waals surface area contributed by atoms with Crippen LogP contribution in [0.15, 0.2) is 37.3 Å². The number of anilines is 1. The van der Waals surface area contributed by atoms with E-state index in [9.17, 15) is 0 Å². The molecule has 4 nitrogen and oxygen atoms in total. The van der Waals surface area contributed by atoms with Crippen molar-refractivity contribution in [2.45, 2.75) is 34.6 Å². The highest BCUT2D eigenvalue weighted by Crippen LogP contribution is 2.21. The summed E-state index contributed by atoms with van der Waals surface area (Å²) < 4.78 is 1.81. The van der Waals surface area contributed by atoms with Crippen LogP contribution in [0.4, 0.5) is 5.82 Å². The molecule has 4 heteroatoms. The first-order chi connectivity index (χ1) is 9.24. The van der Waals surface area contributed by atoms with E-state index in [0.29, 0.717) is 5.82 Å². The molecule has 0 saturated carbocycles. The fourth-order valence-corrected chi connectivity index (χ4v) is 1.47. The molecular weight excluding hydrogens is 236 g/mol. The summed E-state index contributed by atoms with van der Waals surface area (Å²) in [6.07, 6.45) is 8.76. The van der Waals surface area contributed by atoms with Crippen molar-refractivity contribution in [3.63, 3.8) is 0 Å². The van der Waals surface area contributed by atoms with Gasteiger partial charge in [0.05, 0.1) is 6.20 Å². The Hall–Kier alpha value is -2.10. The highest BCUT2D eigenvalue weighted by molar-refractivity contribution is 5.73. The van der Waals surface area contributed by atoms with Crippen LogP contribution >= 0.6 is 0 Å². The summed E-state index contributed by atoms with van der Waals surface area (Å²) in [6.45, 7) is 13.6. The zero-order valence-electron chi connectivity index (χ0n) is 12.5. The molecule has 0 amide bonds. The molecule has 2 heterocycles. The van der Waals surface area contributed by atoms with E-state index in [4.69, 9.17) is 5.73 Å². The molecule has 0 aliphatic rings. The van der Waals surface area contributed by atoms with Crippen LogP contribution in [0, 0.1) is 0 Å². The van der Waals surface area contributed by atoms with E-state index in [1.165, 1.54) is 0 Å². The number of fused-ring (bicyclic) bond motifs is 1. The first-order valence-electron chi connectivity index (χ1n) is 6.61. The Bertz CT molecular complexity index is 538. The van der Waals surface area contributed by atoms with Crippen LogP contribution in [0.1, 0.15) is 40.3 Å². The smallest absolute Gasteiger partial charge is 0.157 e. The number of nitrogens with zero attached hydrogens (tertiary/aromatic N) is 3. The van der Waals surface area contributed by atoms with Crippen LogP contribution in [0.2, 0.25) is 0 Å². The van der Waals surface area contributed by atoms with Gasteiger partial charge in [-0.15, -0.1) is 0 Å². The number of hydrogen-bond acceptors (Lipinski definition) is 3. The molecule has 19 heavy (non-hydrogen) atoms. The van der Waals surface area contributed by atoms with Gasteiger partial charge in [-0.05, 0) is 12.5 Å². The summed E-state index contributed by atoms with van der Waals surface area (Å²) >= 11 is 0. The molecule has 2 aromatic rings. The van der Waals surface area contributed by atoms with Crippen LogP contribution in [0.3, 0.4) is 0 Å². The Morgan fingerprint density at radius 3 is 2.47 bits per heavy atom. The van der Waals surface area contributed by atoms with E-state index in [2.05, 4.69) is 16.5 Å². The van der Waals surface area contributed by atoms with Crippen LogP contribution in [-0.4, -0.2) is 14.4 Å². The van der Waals surface area contributed by atoms with E-state index in [1.54, 1.807) is 24.7 Å². The molecular formula is C15H24N4. The Morgan fingerprint density at radius 2 is 1.95 bits per heavy atom. The van der Waals surface area contributed by atoms with Gasteiger partial charge >= 0.3 is 0 Å². The maximum atomic E-state index is 5.97. The lowest BCUT2D eigenvalue weighted by Gasteiger charge is -1.97. The van der Waals surface area contributed by atoms with Crippen molar-refractivity contribution in [3.05, 3.63) is 43.0 Å². The number of aromatic nitrogens is 3. The van der Waals surface area contributed by atoms with Crippen molar-refractivity contribution >= 4 is 17.0 Å². The van der Waals surface area contributed by atoms with Crippen LogP contribution in [0.5, 0.6) is 0 Å². The molecule has 0 aromatic carbocycles. The molecule has 0 aliphatic carbocycles. The SMILES string of the molecule is C=C/C=C(\C)c1nc2cnccn2c1N.CC.CC. The fraction of sp³-hybridized carbons (Fsp3) is 0.333. The first kappa shape index (κ1) is 16.9. The molecule has 0 saturated heterocycles. The van der Waals surface area contributed by atoms with E-state index < -0.39 is 0 Å². The standard InChI is InChI=1S/C11H12N4.2C2H6/c1-3-4-8(2)10-11(12)15-6-5-13-7-9(15)14-10;2*1-2/h3-7H,1,12H2,2H3;2*1-2H3/b8-4+;;. The van der Waals surface area contributed by atoms with Gasteiger partial charge < -0.3 is 5.73 Å². The first-order valence-corrected chi connectivity index (χ1v) is 6.61. The molecule has 0 bridgehead atoms. The van der Waals surface area contributed by atoms with Crippen molar-refractivity contribution in [2.24, 2.45) is 0 Å². The molecule has 104 valence electrons. The minimum Gasteiger partial charge on any atom is -0.383 e. The lowest BCUT2D eigenvalue weighted by atomic mass is 10.2. The van der Waals surface area contributed by atoms with Gasteiger partial charge in [-0.1, -0.05) is 46.4 Å². The minimum atomic E-state index is 0.628. The molecule has 0 atom stereocenters. The van der Waals surface area contributed by atoms with Gasteiger partial charge in [0.15, 0.2) is 5.65 Å². The monoisotopic (exact) mass is 260 g/mol. The summed E-state index contributed by atoms with van der Waals surface area (Å²) in [5, 5.41) is 0. The molecule has 2 aromatic heterocycles. The van der Waals surface area contributed by atoms with Crippen molar-refractivity contribution < 1.29 is 0 Å². The molecule has 0 spiro atoms. The second-order valence-electron chi connectivity index (χ2n) is 3.24. The second-order valence-corrected chi connectivity index (χ2v) is 3.24. The van der Waals surface area contributed by atoms with E-state index in [0.717, 1.165) is 16.9 Å². The number of rotatable bonds is 2. The van der Waals surface area contributed by atoms with Crippen LogP contribution < -0.4 is 5.73 Å². The van der Waals surface area contributed by atoms with Gasteiger partial charge in [0.25, 0.3) is 0 Å². The van der Waals surface area contributed by atoms with Gasteiger partial charge in [0.1, 0.15) is 11.5 Å². The zero-order chi connectivity index (χ0) is 14.8. The number of hydrogen-bond donors (Lipinski definition) is 1. The molecule has 2 N–H and O–H groups in total. The number of imidazole rings is 1. The Kier molecular flexibility index (Phi) is 7.93. The van der Waals surface area contributed by atoms with E-state index in [-0.39, 0.29) is 0 Å². The highest BCUT2D eigenvalue weighted by Gasteiger charge is 2.09. The minimum absolute atomic E-state index is 0.628. The molecule has 2 rings (SSSR count). The number of nitrogens with two attached hydrogens (primary N) is 1. The largest absolute Gasteiger partial charge is 0.383 e. The average Bonchev–Trinajstić information content (AvgIpc) is 2.81. The van der Waals surface area contributed by atoms with Crippen molar-refractivity contribution in [1.82, 2.24) is 14.4 Å². The topological polar surface area (TPSA) is 56.2 Å². The number of allylic oxidation sites excluding steroid dienone is 3. The quantitative estimate of drug-likeness (QED) is 0.832. The molecule has 0 fully saturated rings. The van der Waals surface area contributed by atoms with Crippen LogP contribution in [0.25, 0.3) is 11.2 Å². The third-order valence-electron chi connectivity index (χ3n) is 2.21. The normalized spacial score (nSPS) is 10.1. The lowest BCUT2D eigenvalue weighted by Crippen LogP contribution is -1.94. The predicted octanol–water partition coefficient (Wildman–Crippen LogP) is 3.95. The number of nitrogen functional groups attached to an aromatic ring is 1. The van der Waals surface area contributed by atoms with E-state index in [1.807, 2.05) is 45.1 Å². The van der Waals surface area contributed by atoms with Crippen molar-refractivity contribution in [1.29, 1.82) is 0 Å². The molecule has 0 radical (unpaired) electrons. The molecule has 0 unspecified atom stereocenters. The maximum Gasteiger partial charge on any atom is 0.157 e. The molecule has 0 aliphatic heterocycles. The third-order valence-corrected chi connectivity index (χ3v) is 2.21. The van der Waals surface area contributed by atoms with Crippen molar-refractivity contribution in [2.75, 3.05) is 5.73 Å². The Labute approximate surface area is 115 Å². The summed E-state index contributed by atoms with van der Waals surface area (Å²) in [7, 11) is 0. The van der Waals surface area contributed by atoms with Gasteiger partial charge in [0, 0.05) is 12.4 Å². The summed E-state index contributed by atoms with van der Waals surface area (Å²) in [6, 6.07) is 0. The van der Waals surface area contributed by atoms with Gasteiger partial charge in [-0.25, -0.2) is 4.98 Å². The maximum absolute atomic E-state index is 5.97. The van der Waals surface area contributed by atoms with Gasteiger partial charge in [-0.3, -0.25) is 9.38 Å². The summed E-state index contributed by atoms with van der Waals surface area (Å²) in [4.78, 5) is 8.38. The van der Waals surface area contributed by atoms with Crippen LogP contribution in [-0.2, 0) is 0 Å². The third kappa shape index (κ3) is 3.95. The average molecular weight is 260 g/mol. The lowest BCUT2D eigenvalue weighted by molar-refractivity contribution is 1.13. The van der Waals surface area contributed by atoms with Gasteiger partial charge in [0.2, 0.25) is 0 Å². The van der Waals surface area contributed by atoms with Gasteiger partial charge in [-0.2, -0.15) is 0 Å². The summed E-state index contributed by atoms with van der Waals surface area (Å²) in [5.41, 5.74) is 8.49. The zero-order valence-corrected chi connectivity index (χ0v) is 12.5. The Morgan fingerprint density at radius 1 is 1.32 bits per heavy atom. The van der Waals surface area contributed by atoms with E-state index >= 15 is 0 Å². The summed E-state index contributed by atoms with van der Waals surface area (Å²) in [5.74, 6) is 0.628. The van der Waals surface area contributed by atoms with Crippen molar-refractivity contribution in [3.8, 4) is 0 Å².